The molecule has 0 radical (unpaired) electrons. The summed E-state index contributed by atoms with van der Waals surface area (Å²) in [6.07, 6.45) is 2.22. The molecule has 1 saturated heterocycles. The van der Waals surface area contributed by atoms with Crippen molar-refractivity contribution in [2.24, 2.45) is 5.92 Å². The summed E-state index contributed by atoms with van der Waals surface area (Å²) in [5.74, 6) is 0.412. The van der Waals surface area contributed by atoms with E-state index in [2.05, 4.69) is 25.5 Å². The summed E-state index contributed by atoms with van der Waals surface area (Å²) in [5, 5.41) is 0. The van der Waals surface area contributed by atoms with Crippen LogP contribution in [0, 0.1) is 11.7 Å². The summed E-state index contributed by atoms with van der Waals surface area (Å²) in [6.45, 7) is 6.32. The Bertz CT molecular complexity index is 382. The quantitative estimate of drug-likeness (QED) is 0.695. The number of hydrogen-bond acceptors (Lipinski definition) is 1. The number of halogens is 1. The zero-order valence-electron chi connectivity index (χ0n) is 9.91. The van der Waals surface area contributed by atoms with Gasteiger partial charge in [-0.05, 0) is 36.5 Å². The third-order valence-electron chi connectivity index (χ3n) is 3.55. The second kappa shape index (κ2) is 4.28. The first-order valence-corrected chi connectivity index (χ1v) is 5.75. The Morgan fingerprint density at radius 1 is 1.31 bits per heavy atom. The maximum absolute atomic E-state index is 12.9. The summed E-state index contributed by atoms with van der Waals surface area (Å²) < 4.78 is 12.9. The van der Waals surface area contributed by atoms with Crippen molar-refractivity contribution in [3.05, 3.63) is 47.9 Å². The van der Waals surface area contributed by atoms with Crippen LogP contribution in [0.15, 0.2) is 36.5 Å². The molecule has 0 amide bonds. The number of allylic oxidation sites excluding steroid dienone is 1. The van der Waals surface area contributed by atoms with Crippen LogP contribution in [0.3, 0.4) is 0 Å². The predicted octanol–water partition coefficient (Wildman–Crippen LogP) is 3.74. The van der Waals surface area contributed by atoms with Crippen molar-refractivity contribution in [2.45, 2.75) is 25.8 Å². The summed E-state index contributed by atoms with van der Waals surface area (Å²) in [4.78, 5) is 2.22. The summed E-state index contributed by atoms with van der Waals surface area (Å²) in [6, 6.07) is 7.17. The Labute approximate surface area is 96.6 Å². The van der Waals surface area contributed by atoms with Crippen LogP contribution in [0.4, 0.5) is 4.39 Å². The molecule has 2 unspecified atom stereocenters. The molecule has 2 atom stereocenters. The number of benzene rings is 1. The van der Waals surface area contributed by atoms with E-state index in [1.54, 1.807) is 0 Å². The molecule has 1 fully saturated rings. The lowest BCUT2D eigenvalue weighted by Crippen LogP contribution is -2.33. The first-order chi connectivity index (χ1) is 7.59. The highest BCUT2D eigenvalue weighted by atomic mass is 19.1. The molecule has 0 N–H and O–H groups in total. The number of nitrogens with zero attached hydrogens (tertiary/aromatic N) is 1. The Morgan fingerprint density at radius 2 is 1.94 bits per heavy atom. The van der Waals surface area contributed by atoms with Gasteiger partial charge in [0.05, 0.1) is 6.04 Å². The Balaban J connectivity index is 2.29. The molecule has 1 aliphatic rings. The fraction of sp³-hybridized carbons (Fsp3) is 0.429. The van der Waals surface area contributed by atoms with Gasteiger partial charge < -0.3 is 4.90 Å². The van der Waals surface area contributed by atoms with E-state index in [1.165, 1.54) is 23.4 Å². The van der Waals surface area contributed by atoms with Gasteiger partial charge in [0.2, 0.25) is 0 Å². The Kier molecular flexibility index (Phi) is 2.99. The first-order valence-electron chi connectivity index (χ1n) is 5.75. The third kappa shape index (κ3) is 1.97. The fourth-order valence-corrected chi connectivity index (χ4v) is 2.52. The maximum Gasteiger partial charge on any atom is 0.123 e. The minimum Gasteiger partial charge on any atom is -0.371 e. The van der Waals surface area contributed by atoms with Crippen molar-refractivity contribution in [3.63, 3.8) is 0 Å². The van der Waals surface area contributed by atoms with Crippen molar-refractivity contribution in [3.8, 4) is 0 Å². The highest BCUT2D eigenvalue weighted by molar-refractivity contribution is 5.23. The molecular weight excluding hydrogens is 201 g/mol. The minimum atomic E-state index is -0.173. The highest BCUT2D eigenvalue weighted by Gasteiger charge is 2.28. The van der Waals surface area contributed by atoms with Crippen molar-refractivity contribution in [1.29, 1.82) is 0 Å². The highest BCUT2D eigenvalue weighted by Crippen LogP contribution is 2.38. The molecule has 1 aromatic carbocycles. The fourth-order valence-electron chi connectivity index (χ4n) is 2.52. The topological polar surface area (TPSA) is 3.24 Å². The monoisotopic (exact) mass is 219 g/mol. The standard InChI is InChI=1S/C14H18FN/c1-10-4-5-11(2)16(3)14(10)12-6-8-13(15)9-7-12/h6-10,14H,2,4-5H2,1,3H3. The van der Waals surface area contributed by atoms with Crippen molar-refractivity contribution >= 4 is 0 Å². The van der Waals surface area contributed by atoms with Gasteiger partial charge in [-0.2, -0.15) is 0 Å². The average molecular weight is 219 g/mol. The molecule has 1 aromatic rings. The van der Waals surface area contributed by atoms with Crippen LogP contribution in [0.2, 0.25) is 0 Å². The lowest BCUT2D eigenvalue weighted by Gasteiger charge is -2.40. The van der Waals surface area contributed by atoms with Gasteiger partial charge in [0.25, 0.3) is 0 Å². The molecule has 2 rings (SSSR count). The smallest absolute Gasteiger partial charge is 0.123 e. The van der Waals surface area contributed by atoms with E-state index in [9.17, 15) is 4.39 Å². The van der Waals surface area contributed by atoms with E-state index in [1.807, 2.05) is 12.1 Å². The zero-order valence-corrected chi connectivity index (χ0v) is 9.91. The summed E-state index contributed by atoms with van der Waals surface area (Å²) >= 11 is 0. The number of hydrogen-bond donors (Lipinski definition) is 0. The van der Waals surface area contributed by atoms with Crippen LogP contribution < -0.4 is 0 Å². The Hall–Kier alpha value is -1.31. The predicted molar refractivity (Wildman–Crippen MR) is 64.4 cm³/mol. The summed E-state index contributed by atoms with van der Waals surface area (Å²) in [5.41, 5.74) is 2.35. The first kappa shape index (κ1) is 11.2. The van der Waals surface area contributed by atoms with E-state index in [-0.39, 0.29) is 5.82 Å². The van der Waals surface area contributed by atoms with Gasteiger partial charge in [-0.25, -0.2) is 4.39 Å². The SMILES string of the molecule is C=C1CCC(C)C(c2ccc(F)cc2)N1C. The van der Waals surface area contributed by atoms with E-state index in [0.717, 1.165) is 12.8 Å². The van der Waals surface area contributed by atoms with Gasteiger partial charge in [0.15, 0.2) is 0 Å². The van der Waals surface area contributed by atoms with Crippen LogP contribution in [0.1, 0.15) is 31.4 Å². The van der Waals surface area contributed by atoms with Gasteiger partial charge in [-0.15, -0.1) is 0 Å². The van der Waals surface area contributed by atoms with Crippen LogP contribution in [-0.4, -0.2) is 11.9 Å². The molecule has 0 saturated carbocycles. The molecule has 1 heterocycles. The maximum atomic E-state index is 12.9. The van der Waals surface area contributed by atoms with Gasteiger partial charge in [0, 0.05) is 12.7 Å². The normalized spacial score (nSPS) is 25.9. The molecule has 1 aliphatic heterocycles. The summed E-state index contributed by atoms with van der Waals surface area (Å²) in [7, 11) is 2.08. The average Bonchev–Trinajstić information content (AvgIpc) is 2.27. The molecule has 0 bridgehead atoms. The van der Waals surface area contributed by atoms with Crippen molar-refractivity contribution < 1.29 is 4.39 Å². The van der Waals surface area contributed by atoms with Crippen LogP contribution in [0.5, 0.6) is 0 Å². The molecule has 0 spiro atoms. The van der Waals surface area contributed by atoms with Gasteiger partial charge >= 0.3 is 0 Å². The van der Waals surface area contributed by atoms with Gasteiger partial charge in [-0.1, -0.05) is 25.6 Å². The second-order valence-corrected chi connectivity index (χ2v) is 4.69. The third-order valence-corrected chi connectivity index (χ3v) is 3.55. The molecule has 1 nitrogen and oxygen atoms in total. The number of piperidine rings is 1. The molecule has 0 aromatic heterocycles. The molecule has 0 aliphatic carbocycles. The number of likely N-dealkylation sites (tertiary alicyclic amines) is 1. The molecule has 2 heteroatoms. The largest absolute Gasteiger partial charge is 0.371 e. The van der Waals surface area contributed by atoms with E-state index in [4.69, 9.17) is 0 Å². The van der Waals surface area contributed by atoms with E-state index in [0.29, 0.717) is 12.0 Å². The second-order valence-electron chi connectivity index (χ2n) is 4.69. The molecule has 16 heavy (non-hydrogen) atoms. The lowest BCUT2D eigenvalue weighted by molar-refractivity contribution is 0.178. The van der Waals surface area contributed by atoms with Crippen LogP contribution >= 0.6 is 0 Å². The lowest BCUT2D eigenvalue weighted by atomic mass is 9.85. The van der Waals surface area contributed by atoms with Crippen molar-refractivity contribution in [1.82, 2.24) is 4.90 Å². The number of rotatable bonds is 1. The van der Waals surface area contributed by atoms with Crippen molar-refractivity contribution in [2.75, 3.05) is 7.05 Å². The van der Waals surface area contributed by atoms with Crippen LogP contribution in [0.25, 0.3) is 0 Å². The zero-order chi connectivity index (χ0) is 11.7. The molecular formula is C14H18FN. The van der Waals surface area contributed by atoms with E-state index < -0.39 is 0 Å². The van der Waals surface area contributed by atoms with Gasteiger partial charge in [0.1, 0.15) is 5.82 Å². The van der Waals surface area contributed by atoms with E-state index >= 15 is 0 Å². The van der Waals surface area contributed by atoms with Crippen LogP contribution in [-0.2, 0) is 0 Å². The minimum absolute atomic E-state index is 0.173. The molecule has 86 valence electrons. The Morgan fingerprint density at radius 3 is 2.56 bits per heavy atom. The van der Waals surface area contributed by atoms with Gasteiger partial charge in [-0.3, -0.25) is 0 Å².